The maximum atomic E-state index is 4.71. The van der Waals surface area contributed by atoms with E-state index < -0.39 is 0 Å². The highest BCUT2D eigenvalue weighted by molar-refractivity contribution is 5.74. The number of hydrogen-bond donors (Lipinski definition) is 0. The summed E-state index contributed by atoms with van der Waals surface area (Å²) in [5, 5.41) is 0. The van der Waals surface area contributed by atoms with E-state index in [9.17, 15) is 0 Å². The van der Waals surface area contributed by atoms with Gasteiger partial charge in [-0.3, -0.25) is 0 Å². The number of rotatable bonds is 3. The average Bonchev–Trinajstić information content (AvgIpc) is 2.82. The van der Waals surface area contributed by atoms with Crippen molar-refractivity contribution >= 4 is 22.7 Å². The minimum absolute atomic E-state index is 0.875. The molecule has 0 saturated heterocycles. The third-order valence-corrected chi connectivity index (χ3v) is 3.20. The van der Waals surface area contributed by atoms with Gasteiger partial charge in [-0.2, -0.15) is 0 Å². The van der Waals surface area contributed by atoms with Gasteiger partial charge in [0, 0.05) is 19.3 Å². The molecular weight excluding hydrogens is 236 g/mol. The molecule has 19 heavy (non-hydrogen) atoms. The Morgan fingerprint density at radius 1 is 1.11 bits per heavy atom. The molecule has 0 fully saturated rings. The quantitative estimate of drug-likeness (QED) is 0.718. The molecular formula is C15H16N4. The van der Waals surface area contributed by atoms with Crippen molar-refractivity contribution in [1.29, 1.82) is 0 Å². The molecule has 0 bridgehead atoms. The van der Waals surface area contributed by atoms with E-state index in [0.717, 1.165) is 29.2 Å². The minimum atomic E-state index is 0.875. The number of anilines is 2. The fourth-order valence-corrected chi connectivity index (χ4v) is 2.23. The summed E-state index contributed by atoms with van der Waals surface area (Å²) in [5.74, 6) is 0.949. The summed E-state index contributed by atoms with van der Waals surface area (Å²) in [6.45, 7) is 3.00. The zero-order chi connectivity index (χ0) is 13.2. The van der Waals surface area contributed by atoms with Crippen LogP contribution in [0, 0.1) is 0 Å². The fourth-order valence-electron chi connectivity index (χ4n) is 2.23. The Morgan fingerprint density at radius 2 is 1.89 bits per heavy atom. The van der Waals surface area contributed by atoms with Crippen molar-refractivity contribution < 1.29 is 0 Å². The number of fused-ring (bicyclic) bond motifs is 1. The molecule has 2 heterocycles. The van der Waals surface area contributed by atoms with Gasteiger partial charge in [-0.15, -0.1) is 0 Å². The predicted octanol–water partition coefficient (Wildman–Crippen LogP) is 3.13. The van der Waals surface area contributed by atoms with Gasteiger partial charge in [0.25, 0.3) is 0 Å². The van der Waals surface area contributed by atoms with E-state index in [4.69, 9.17) is 4.98 Å². The van der Waals surface area contributed by atoms with Gasteiger partial charge >= 0.3 is 0 Å². The molecule has 3 aromatic rings. The van der Waals surface area contributed by atoms with Crippen molar-refractivity contribution in [2.75, 3.05) is 11.4 Å². The highest BCUT2D eigenvalue weighted by atomic mass is 15.2. The van der Waals surface area contributed by atoms with Crippen molar-refractivity contribution in [3.8, 4) is 0 Å². The monoisotopic (exact) mass is 252 g/mol. The van der Waals surface area contributed by atoms with Crippen LogP contribution in [-0.4, -0.2) is 21.1 Å². The van der Waals surface area contributed by atoms with Crippen LogP contribution in [0.4, 0.5) is 11.5 Å². The molecule has 3 rings (SSSR count). The number of pyridine rings is 1. The first-order valence-electron chi connectivity index (χ1n) is 6.40. The third-order valence-electron chi connectivity index (χ3n) is 3.20. The van der Waals surface area contributed by atoms with Crippen molar-refractivity contribution in [2.24, 2.45) is 7.05 Å². The molecule has 0 atom stereocenters. The van der Waals surface area contributed by atoms with Crippen molar-refractivity contribution in [2.45, 2.75) is 6.92 Å². The van der Waals surface area contributed by atoms with E-state index in [1.165, 1.54) is 0 Å². The Morgan fingerprint density at radius 3 is 2.63 bits per heavy atom. The summed E-state index contributed by atoms with van der Waals surface area (Å²) in [4.78, 5) is 11.2. The molecule has 4 heteroatoms. The Hall–Kier alpha value is -2.36. The van der Waals surface area contributed by atoms with E-state index >= 15 is 0 Å². The SMILES string of the molecule is CCN(c1ccccc1)c1ccc2ncn(C)c2n1. The number of para-hydroxylation sites is 1. The van der Waals surface area contributed by atoms with E-state index in [-0.39, 0.29) is 0 Å². The van der Waals surface area contributed by atoms with Gasteiger partial charge in [-0.05, 0) is 31.2 Å². The number of benzene rings is 1. The van der Waals surface area contributed by atoms with E-state index in [1.807, 2.05) is 41.9 Å². The largest absolute Gasteiger partial charge is 0.327 e. The Bertz CT molecular complexity index is 688. The molecule has 0 unspecified atom stereocenters. The molecule has 0 aliphatic heterocycles. The van der Waals surface area contributed by atoms with E-state index in [0.29, 0.717) is 0 Å². The summed E-state index contributed by atoms with van der Waals surface area (Å²) in [7, 11) is 1.96. The maximum Gasteiger partial charge on any atom is 0.161 e. The summed E-state index contributed by atoms with van der Waals surface area (Å²) in [5.41, 5.74) is 2.99. The maximum absolute atomic E-state index is 4.71. The van der Waals surface area contributed by atoms with Gasteiger partial charge in [-0.25, -0.2) is 9.97 Å². The first kappa shape index (κ1) is 11.7. The molecule has 2 aromatic heterocycles. The van der Waals surface area contributed by atoms with Gasteiger partial charge in [0.15, 0.2) is 5.65 Å². The molecule has 0 amide bonds. The van der Waals surface area contributed by atoms with Crippen LogP contribution < -0.4 is 4.90 Å². The second-order valence-corrected chi connectivity index (χ2v) is 4.45. The number of aromatic nitrogens is 3. The minimum Gasteiger partial charge on any atom is -0.327 e. The summed E-state index contributed by atoms with van der Waals surface area (Å²) < 4.78 is 1.94. The number of imidazole rings is 1. The third kappa shape index (κ3) is 2.05. The lowest BCUT2D eigenvalue weighted by Gasteiger charge is -2.22. The lowest BCUT2D eigenvalue weighted by atomic mass is 10.2. The average molecular weight is 252 g/mol. The molecule has 0 aliphatic rings. The fraction of sp³-hybridized carbons (Fsp3) is 0.200. The number of hydrogen-bond acceptors (Lipinski definition) is 3. The zero-order valence-corrected chi connectivity index (χ0v) is 11.1. The predicted molar refractivity (Wildman–Crippen MR) is 77.6 cm³/mol. The summed E-state index contributed by atoms with van der Waals surface area (Å²) in [6.07, 6.45) is 1.79. The summed E-state index contributed by atoms with van der Waals surface area (Å²) in [6, 6.07) is 14.3. The van der Waals surface area contributed by atoms with Gasteiger partial charge in [-0.1, -0.05) is 18.2 Å². The van der Waals surface area contributed by atoms with Crippen LogP contribution in [-0.2, 0) is 7.05 Å². The second-order valence-electron chi connectivity index (χ2n) is 4.45. The topological polar surface area (TPSA) is 34.0 Å². The molecule has 0 N–H and O–H groups in total. The van der Waals surface area contributed by atoms with E-state index in [2.05, 4.69) is 28.9 Å². The molecule has 96 valence electrons. The lowest BCUT2D eigenvalue weighted by molar-refractivity contribution is 0.922. The molecule has 1 aromatic carbocycles. The van der Waals surface area contributed by atoms with Crippen molar-refractivity contribution in [3.63, 3.8) is 0 Å². The van der Waals surface area contributed by atoms with E-state index in [1.54, 1.807) is 6.33 Å². The Balaban J connectivity index is 2.08. The Kier molecular flexibility index (Phi) is 2.91. The molecule has 0 spiro atoms. The van der Waals surface area contributed by atoms with Gasteiger partial charge in [0.05, 0.1) is 6.33 Å². The number of nitrogens with zero attached hydrogens (tertiary/aromatic N) is 4. The van der Waals surface area contributed by atoms with Crippen LogP contribution in [0.5, 0.6) is 0 Å². The standard InChI is InChI=1S/C15H16N4/c1-3-19(12-7-5-4-6-8-12)14-10-9-13-15(17-14)18(2)11-16-13/h4-11H,3H2,1-2H3. The van der Waals surface area contributed by atoms with Crippen LogP contribution >= 0.6 is 0 Å². The molecule has 4 nitrogen and oxygen atoms in total. The second kappa shape index (κ2) is 4.72. The Labute approximate surface area is 112 Å². The zero-order valence-electron chi connectivity index (χ0n) is 11.1. The first-order valence-corrected chi connectivity index (χ1v) is 6.40. The molecule has 0 aliphatic carbocycles. The number of aryl methyl sites for hydroxylation is 1. The van der Waals surface area contributed by atoms with Crippen molar-refractivity contribution in [3.05, 3.63) is 48.8 Å². The van der Waals surface area contributed by atoms with Crippen molar-refractivity contribution in [1.82, 2.24) is 14.5 Å². The highest BCUT2D eigenvalue weighted by Crippen LogP contribution is 2.24. The molecule has 0 saturated carbocycles. The van der Waals surface area contributed by atoms with Gasteiger partial charge in [0.1, 0.15) is 11.3 Å². The molecule has 0 radical (unpaired) electrons. The van der Waals surface area contributed by atoms with Crippen LogP contribution in [0.2, 0.25) is 0 Å². The normalized spacial score (nSPS) is 10.8. The summed E-state index contributed by atoms with van der Waals surface area (Å²) >= 11 is 0. The van der Waals surface area contributed by atoms with Crippen LogP contribution in [0.3, 0.4) is 0 Å². The van der Waals surface area contributed by atoms with Gasteiger partial charge < -0.3 is 9.47 Å². The smallest absolute Gasteiger partial charge is 0.161 e. The lowest BCUT2D eigenvalue weighted by Crippen LogP contribution is -2.17. The van der Waals surface area contributed by atoms with Crippen LogP contribution in [0.25, 0.3) is 11.2 Å². The van der Waals surface area contributed by atoms with Crippen LogP contribution in [0.15, 0.2) is 48.8 Å². The highest BCUT2D eigenvalue weighted by Gasteiger charge is 2.10. The first-order chi connectivity index (χ1) is 9.29. The van der Waals surface area contributed by atoms with Gasteiger partial charge in [0.2, 0.25) is 0 Å². The van der Waals surface area contributed by atoms with Crippen LogP contribution in [0.1, 0.15) is 6.92 Å².